The molecule has 0 radical (unpaired) electrons. The first-order valence-electron chi connectivity index (χ1n) is 4.99. The Morgan fingerprint density at radius 3 is 1.04 bits per heavy atom. The van der Waals surface area contributed by atoms with Crippen LogP contribution in [0.15, 0.2) is 6.07 Å². The van der Waals surface area contributed by atoms with Gasteiger partial charge in [-0.3, -0.25) is 18.3 Å². The Kier molecular flexibility index (Phi) is 5.63. The molecule has 0 bridgehead atoms. The highest BCUT2D eigenvalue weighted by molar-refractivity contribution is 7.69. The summed E-state index contributed by atoms with van der Waals surface area (Å²) >= 11 is 5.43. The molecule has 0 unspecified atom stereocenters. The highest BCUT2D eigenvalue weighted by Crippen LogP contribution is 2.47. The van der Waals surface area contributed by atoms with Gasteiger partial charge in [0.05, 0.1) is 26.2 Å². The summed E-state index contributed by atoms with van der Waals surface area (Å²) in [4.78, 5) is 73.0. The molecule has 132 valence electrons. The molecule has 0 spiro atoms. The van der Waals surface area contributed by atoms with Crippen molar-refractivity contribution in [2.75, 3.05) is 0 Å². The molecule has 1 aromatic rings. The van der Waals surface area contributed by atoms with Crippen LogP contribution in [0.3, 0.4) is 0 Å². The smallest absolute Gasteiger partial charge is 0.321 e. The molecule has 0 saturated heterocycles. The summed E-state index contributed by atoms with van der Waals surface area (Å²) in [6, 6.07) is -0.0731. The second-order valence-electron chi connectivity index (χ2n) is 4.10. The standard InChI is InChI=1S/C6H9ClO12P4/c7-4-5(22(14,15)16)2(20(8,9)10)1-3(21(11,12)13)6(4)23(17,18)19/h1H,(H2,8,9,10)(H2,11,12,13)(H2,14,15,16)(H2,17,18,19). The Balaban J connectivity index is 4.27. The van der Waals surface area contributed by atoms with Crippen molar-refractivity contribution in [2.24, 2.45) is 0 Å². The fourth-order valence-electron chi connectivity index (χ4n) is 1.60. The van der Waals surface area contributed by atoms with Crippen LogP contribution in [0.1, 0.15) is 0 Å². The van der Waals surface area contributed by atoms with E-state index in [9.17, 15) is 18.3 Å². The molecule has 23 heavy (non-hydrogen) atoms. The molecular weight excluding hydrogens is 423 g/mol. The number of halogens is 1. The van der Waals surface area contributed by atoms with Crippen molar-refractivity contribution in [3.05, 3.63) is 11.1 Å². The van der Waals surface area contributed by atoms with Gasteiger partial charge >= 0.3 is 30.4 Å². The van der Waals surface area contributed by atoms with Crippen molar-refractivity contribution < 1.29 is 57.4 Å². The highest BCUT2D eigenvalue weighted by atomic mass is 35.5. The largest absolute Gasteiger partial charge is 0.358 e. The van der Waals surface area contributed by atoms with Crippen LogP contribution in [0, 0.1) is 0 Å². The van der Waals surface area contributed by atoms with Crippen LogP contribution in [0.2, 0.25) is 5.02 Å². The van der Waals surface area contributed by atoms with Crippen LogP contribution in [0.25, 0.3) is 0 Å². The molecule has 0 saturated carbocycles. The lowest BCUT2D eigenvalue weighted by atomic mass is 10.3. The van der Waals surface area contributed by atoms with Gasteiger partial charge in [-0.05, 0) is 6.07 Å². The molecule has 0 aliphatic rings. The van der Waals surface area contributed by atoms with Crippen molar-refractivity contribution in [2.45, 2.75) is 0 Å². The Morgan fingerprint density at radius 1 is 0.609 bits per heavy atom. The van der Waals surface area contributed by atoms with E-state index >= 15 is 0 Å². The first-order valence-corrected chi connectivity index (χ1v) is 11.8. The van der Waals surface area contributed by atoms with Crippen LogP contribution >= 0.6 is 42.0 Å². The zero-order valence-electron chi connectivity index (χ0n) is 10.5. The third-order valence-electron chi connectivity index (χ3n) is 2.38. The lowest BCUT2D eigenvalue weighted by Gasteiger charge is -2.20. The van der Waals surface area contributed by atoms with Gasteiger partial charge in [-0.25, -0.2) is 0 Å². The van der Waals surface area contributed by atoms with Crippen molar-refractivity contribution in [3.63, 3.8) is 0 Å². The van der Waals surface area contributed by atoms with Gasteiger partial charge < -0.3 is 39.1 Å². The number of rotatable bonds is 4. The number of hydrogen-bond acceptors (Lipinski definition) is 4. The zero-order valence-corrected chi connectivity index (χ0v) is 14.8. The summed E-state index contributed by atoms with van der Waals surface area (Å²) < 4.78 is 45.4. The van der Waals surface area contributed by atoms with Crippen molar-refractivity contribution >= 4 is 63.2 Å². The van der Waals surface area contributed by atoms with Gasteiger partial charge in [0.2, 0.25) is 0 Å². The van der Waals surface area contributed by atoms with Gasteiger partial charge in [0.1, 0.15) is 0 Å². The summed E-state index contributed by atoms with van der Waals surface area (Å²) in [5, 5.41) is -7.88. The number of hydrogen-bond donors (Lipinski definition) is 8. The maximum atomic E-state index is 11.4. The molecule has 8 N–H and O–H groups in total. The fraction of sp³-hybridized carbons (Fsp3) is 0. The Labute approximate surface area is 132 Å². The Bertz CT molecular complexity index is 771. The van der Waals surface area contributed by atoms with Crippen LogP contribution < -0.4 is 21.2 Å². The molecule has 0 aliphatic carbocycles. The molecule has 0 aliphatic heterocycles. The molecule has 0 heterocycles. The topological polar surface area (TPSA) is 230 Å². The lowest BCUT2D eigenvalue weighted by Crippen LogP contribution is -2.39. The maximum absolute atomic E-state index is 11.4. The minimum absolute atomic E-state index is 0.0731. The molecule has 0 atom stereocenters. The molecule has 0 aromatic heterocycles. The van der Waals surface area contributed by atoms with Crippen LogP contribution in [-0.4, -0.2) is 39.1 Å². The predicted octanol–water partition coefficient (Wildman–Crippen LogP) is -2.45. The summed E-state index contributed by atoms with van der Waals surface area (Å²) in [6.07, 6.45) is 0. The van der Waals surface area contributed by atoms with E-state index in [0.717, 1.165) is 0 Å². The van der Waals surface area contributed by atoms with E-state index in [1.807, 2.05) is 0 Å². The SMILES string of the molecule is O=P(O)(O)c1cc(P(=O)(O)O)c(P(=O)(O)O)c(Cl)c1P(=O)(O)O. The van der Waals surface area contributed by atoms with E-state index in [0.29, 0.717) is 0 Å². The Morgan fingerprint density at radius 2 is 0.870 bits per heavy atom. The van der Waals surface area contributed by atoms with Gasteiger partial charge in [-0.1, -0.05) is 11.6 Å². The highest BCUT2D eigenvalue weighted by Gasteiger charge is 2.42. The summed E-state index contributed by atoms with van der Waals surface area (Å²) in [6.45, 7) is 0. The minimum atomic E-state index is -5.58. The van der Waals surface area contributed by atoms with Gasteiger partial charge in [-0.2, -0.15) is 0 Å². The van der Waals surface area contributed by atoms with Gasteiger partial charge in [-0.15, -0.1) is 0 Å². The molecule has 0 fully saturated rings. The van der Waals surface area contributed by atoms with Crippen molar-refractivity contribution in [3.8, 4) is 0 Å². The van der Waals surface area contributed by atoms with E-state index in [2.05, 4.69) is 0 Å². The molecule has 12 nitrogen and oxygen atoms in total. The third-order valence-corrected chi connectivity index (χ3v) is 7.43. The van der Waals surface area contributed by atoms with Crippen LogP contribution in [0.5, 0.6) is 0 Å². The third kappa shape index (κ3) is 4.60. The van der Waals surface area contributed by atoms with E-state index in [4.69, 9.17) is 50.7 Å². The first-order chi connectivity index (χ1) is 9.88. The second-order valence-corrected chi connectivity index (χ2v) is 10.7. The normalized spacial score (nSPS) is 14.1. The average molecular weight is 432 g/mol. The Hall–Kier alpha value is 0.110. The predicted molar refractivity (Wildman–Crippen MR) is 78.2 cm³/mol. The van der Waals surface area contributed by atoms with E-state index in [-0.39, 0.29) is 6.07 Å². The van der Waals surface area contributed by atoms with Gasteiger partial charge in [0.15, 0.2) is 0 Å². The molecule has 0 amide bonds. The summed E-state index contributed by atoms with van der Waals surface area (Å²) in [5.41, 5.74) is 0. The van der Waals surface area contributed by atoms with Crippen LogP contribution in [-0.2, 0) is 18.3 Å². The first kappa shape index (κ1) is 21.2. The average Bonchev–Trinajstić information content (AvgIpc) is 2.20. The minimum Gasteiger partial charge on any atom is -0.321 e. The quantitative estimate of drug-likeness (QED) is 0.232. The molecule has 1 aromatic carbocycles. The summed E-state index contributed by atoms with van der Waals surface area (Å²) in [5.74, 6) is 0. The van der Waals surface area contributed by atoms with Crippen molar-refractivity contribution in [1.82, 2.24) is 0 Å². The fourth-order valence-corrected chi connectivity index (χ4v) is 7.18. The van der Waals surface area contributed by atoms with Gasteiger partial charge in [0.25, 0.3) is 0 Å². The van der Waals surface area contributed by atoms with E-state index in [1.165, 1.54) is 0 Å². The molecular formula is C6H9ClO12P4. The summed E-state index contributed by atoms with van der Waals surface area (Å²) in [7, 11) is -22.2. The maximum Gasteiger partial charge on any atom is 0.358 e. The molecule has 1 rings (SSSR count). The second kappa shape index (κ2) is 6.12. The van der Waals surface area contributed by atoms with Crippen molar-refractivity contribution in [1.29, 1.82) is 0 Å². The zero-order chi connectivity index (χ0) is 18.6. The van der Waals surface area contributed by atoms with E-state index < -0.39 is 56.6 Å². The molecule has 17 heteroatoms. The lowest BCUT2D eigenvalue weighted by molar-refractivity contribution is 0.379. The van der Waals surface area contributed by atoms with E-state index in [1.54, 1.807) is 0 Å². The van der Waals surface area contributed by atoms with Crippen LogP contribution in [0.4, 0.5) is 0 Å². The van der Waals surface area contributed by atoms with Gasteiger partial charge in [0, 0.05) is 0 Å². The number of benzene rings is 1. The monoisotopic (exact) mass is 432 g/mol.